The molecule has 3 N–H and O–H groups in total. The van der Waals surface area contributed by atoms with Gasteiger partial charge in [-0.15, -0.1) is 0 Å². The minimum absolute atomic E-state index is 0.154. The molecule has 0 spiro atoms. The second-order valence-corrected chi connectivity index (χ2v) is 6.28. The molecule has 0 bridgehead atoms. The Hall–Kier alpha value is -3.16. The number of amides is 1. The molecule has 1 amide bonds. The van der Waals surface area contributed by atoms with E-state index in [-0.39, 0.29) is 17.6 Å². The number of benzene rings is 2. The number of aliphatic hydroxyl groups is 1. The summed E-state index contributed by atoms with van der Waals surface area (Å²) in [6, 6.07) is 17.8. The van der Waals surface area contributed by atoms with E-state index >= 15 is 0 Å². The fourth-order valence-electron chi connectivity index (χ4n) is 2.60. The third-order valence-electron chi connectivity index (χ3n) is 3.86. The second kappa shape index (κ2) is 9.16. The Kier molecular flexibility index (Phi) is 6.41. The van der Waals surface area contributed by atoms with Crippen molar-refractivity contribution in [2.45, 2.75) is 13.5 Å². The number of nitrogens with one attached hydrogen (secondary N) is 2. The van der Waals surface area contributed by atoms with E-state index in [9.17, 15) is 4.79 Å². The number of hydrogen-bond acceptors (Lipinski definition) is 5. The van der Waals surface area contributed by atoms with Crippen LogP contribution in [0.3, 0.4) is 0 Å². The maximum Gasteiger partial charge on any atom is 0.257 e. The van der Waals surface area contributed by atoms with Gasteiger partial charge in [0.05, 0.1) is 6.61 Å². The highest BCUT2D eigenvalue weighted by molar-refractivity contribution is 7.80. The Balaban J connectivity index is 1.65. The first kappa shape index (κ1) is 19.6. The van der Waals surface area contributed by atoms with Crippen LogP contribution in [0.25, 0.3) is 11.3 Å². The van der Waals surface area contributed by atoms with Gasteiger partial charge in [-0.2, -0.15) is 0 Å². The van der Waals surface area contributed by atoms with Crippen molar-refractivity contribution in [3.63, 3.8) is 0 Å². The van der Waals surface area contributed by atoms with Crippen molar-refractivity contribution in [2.24, 2.45) is 0 Å². The Morgan fingerprint density at radius 3 is 2.71 bits per heavy atom. The van der Waals surface area contributed by atoms with Crippen LogP contribution in [0.4, 0.5) is 5.69 Å². The molecule has 0 atom stereocenters. The van der Waals surface area contributed by atoms with Crippen molar-refractivity contribution in [3.05, 3.63) is 72.0 Å². The molecule has 144 valence electrons. The van der Waals surface area contributed by atoms with Gasteiger partial charge in [-0.1, -0.05) is 18.2 Å². The summed E-state index contributed by atoms with van der Waals surface area (Å²) in [5.74, 6) is 1.43. The fraction of sp³-hybridized carbons (Fsp3) is 0.143. The van der Waals surface area contributed by atoms with Crippen molar-refractivity contribution < 1.29 is 19.1 Å². The minimum atomic E-state index is -0.325. The average Bonchev–Trinajstić information content (AvgIpc) is 3.18. The molecule has 28 heavy (non-hydrogen) atoms. The number of carbonyl (C=O) groups is 1. The largest absolute Gasteiger partial charge is 0.494 e. The van der Waals surface area contributed by atoms with E-state index in [1.165, 1.54) is 0 Å². The number of thiocarbonyl (C=S) groups is 1. The van der Waals surface area contributed by atoms with E-state index in [0.29, 0.717) is 35.1 Å². The zero-order valence-corrected chi connectivity index (χ0v) is 16.1. The number of ether oxygens (including phenoxy) is 1. The molecule has 1 heterocycles. The molecule has 3 rings (SSSR count). The summed E-state index contributed by atoms with van der Waals surface area (Å²) >= 11 is 5.25. The predicted octanol–water partition coefficient (Wildman–Crippen LogP) is 3.96. The third kappa shape index (κ3) is 4.97. The predicted molar refractivity (Wildman–Crippen MR) is 111 cm³/mol. The summed E-state index contributed by atoms with van der Waals surface area (Å²) in [4.78, 5) is 12.4. The standard InChI is InChI=1S/C21H20N2O4S/c1-2-26-17-8-4-6-15(12-17)20(25)23-21(28)22-16-7-3-5-14(11-16)19-10-9-18(13-24)27-19/h3-12,24H,2,13H2,1H3,(H2,22,23,25,28). The van der Waals surface area contributed by atoms with Crippen LogP contribution in [0.15, 0.2) is 65.1 Å². The van der Waals surface area contributed by atoms with Crippen LogP contribution in [0.1, 0.15) is 23.0 Å². The SMILES string of the molecule is CCOc1cccc(C(=O)NC(=S)Nc2cccc(-c3ccc(CO)o3)c2)c1. The summed E-state index contributed by atoms with van der Waals surface area (Å²) in [5, 5.41) is 15.0. The smallest absolute Gasteiger partial charge is 0.257 e. The molecule has 0 saturated heterocycles. The van der Waals surface area contributed by atoms with Gasteiger partial charge in [-0.25, -0.2) is 0 Å². The van der Waals surface area contributed by atoms with Crippen LogP contribution in [-0.2, 0) is 6.61 Å². The lowest BCUT2D eigenvalue weighted by atomic mass is 10.1. The van der Waals surface area contributed by atoms with Crippen LogP contribution in [0.5, 0.6) is 5.75 Å². The number of aliphatic hydroxyl groups excluding tert-OH is 1. The minimum Gasteiger partial charge on any atom is -0.494 e. The van der Waals surface area contributed by atoms with Gasteiger partial charge in [0.1, 0.15) is 23.9 Å². The van der Waals surface area contributed by atoms with Gasteiger partial charge >= 0.3 is 0 Å². The van der Waals surface area contributed by atoms with Gasteiger partial charge in [0, 0.05) is 16.8 Å². The maximum atomic E-state index is 12.4. The van der Waals surface area contributed by atoms with E-state index < -0.39 is 0 Å². The van der Waals surface area contributed by atoms with Gasteiger partial charge in [0.2, 0.25) is 0 Å². The summed E-state index contributed by atoms with van der Waals surface area (Å²) in [6.45, 7) is 2.25. The molecule has 0 fully saturated rings. The van der Waals surface area contributed by atoms with Crippen molar-refractivity contribution in [1.29, 1.82) is 0 Å². The number of carbonyl (C=O) groups excluding carboxylic acids is 1. The Bertz CT molecular complexity index is 984. The van der Waals surface area contributed by atoms with Gasteiger partial charge in [0.15, 0.2) is 5.11 Å². The molecular formula is C21H20N2O4S. The first-order chi connectivity index (χ1) is 13.6. The first-order valence-electron chi connectivity index (χ1n) is 8.74. The third-order valence-corrected chi connectivity index (χ3v) is 4.06. The molecule has 0 aliphatic heterocycles. The Labute approximate surface area is 168 Å². The highest BCUT2D eigenvalue weighted by Gasteiger charge is 2.10. The molecule has 0 unspecified atom stereocenters. The van der Waals surface area contributed by atoms with Crippen molar-refractivity contribution in [1.82, 2.24) is 5.32 Å². The molecule has 0 aliphatic rings. The molecule has 0 aliphatic carbocycles. The Morgan fingerprint density at radius 2 is 1.96 bits per heavy atom. The number of furan rings is 1. The van der Waals surface area contributed by atoms with Crippen LogP contribution in [0.2, 0.25) is 0 Å². The van der Waals surface area contributed by atoms with Crippen LogP contribution in [0, 0.1) is 0 Å². The highest BCUT2D eigenvalue weighted by atomic mass is 32.1. The van der Waals surface area contributed by atoms with Crippen LogP contribution < -0.4 is 15.4 Å². The van der Waals surface area contributed by atoms with E-state index in [1.807, 2.05) is 31.2 Å². The number of rotatable bonds is 6. The van der Waals surface area contributed by atoms with Crippen LogP contribution >= 0.6 is 12.2 Å². The summed E-state index contributed by atoms with van der Waals surface area (Å²) < 4.78 is 10.9. The van der Waals surface area contributed by atoms with E-state index in [1.54, 1.807) is 36.4 Å². The second-order valence-electron chi connectivity index (χ2n) is 5.87. The molecular weight excluding hydrogens is 376 g/mol. The normalized spacial score (nSPS) is 10.4. The fourth-order valence-corrected chi connectivity index (χ4v) is 2.81. The monoisotopic (exact) mass is 396 g/mol. The van der Waals surface area contributed by atoms with Crippen LogP contribution in [-0.4, -0.2) is 22.7 Å². The molecule has 0 radical (unpaired) electrons. The molecule has 7 heteroatoms. The average molecular weight is 396 g/mol. The summed E-state index contributed by atoms with van der Waals surface area (Å²) in [6.07, 6.45) is 0. The molecule has 6 nitrogen and oxygen atoms in total. The van der Waals surface area contributed by atoms with Crippen molar-refractivity contribution in [2.75, 3.05) is 11.9 Å². The van der Waals surface area contributed by atoms with Crippen molar-refractivity contribution >= 4 is 28.9 Å². The highest BCUT2D eigenvalue weighted by Crippen LogP contribution is 2.25. The summed E-state index contributed by atoms with van der Waals surface area (Å²) in [7, 11) is 0. The summed E-state index contributed by atoms with van der Waals surface area (Å²) in [5.41, 5.74) is 1.98. The van der Waals surface area contributed by atoms with Gasteiger partial charge in [0.25, 0.3) is 5.91 Å². The molecule has 1 aromatic heterocycles. The lowest BCUT2D eigenvalue weighted by molar-refractivity contribution is 0.0977. The van der Waals surface area contributed by atoms with E-state index in [2.05, 4.69) is 10.6 Å². The Morgan fingerprint density at radius 1 is 1.14 bits per heavy atom. The van der Waals surface area contributed by atoms with Gasteiger partial charge < -0.3 is 19.6 Å². The first-order valence-corrected chi connectivity index (χ1v) is 9.15. The lowest BCUT2D eigenvalue weighted by Gasteiger charge is -2.11. The number of hydrogen-bond donors (Lipinski definition) is 3. The van der Waals surface area contributed by atoms with Gasteiger partial charge in [-0.05, 0) is 61.6 Å². The van der Waals surface area contributed by atoms with Crippen molar-refractivity contribution in [3.8, 4) is 17.1 Å². The molecule has 0 saturated carbocycles. The van der Waals surface area contributed by atoms with E-state index in [4.69, 9.17) is 26.5 Å². The molecule has 3 aromatic rings. The topological polar surface area (TPSA) is 83.7 Å². The lowest BCUT2D eigenvalue weighted by Crippen LogP contribution is -2.34. The van der Waals surface area contributed by atoms with Gasteiger partial charge in [-0.3, -0.25) is 10.1 Å². The van der Waals surface area contributed by atoms with E-state index in [0.717, 1.165) is 5.56 Å². The molecule has 2 aromatic carbocycles. The zero-order chi connectivity index (χ0) is 19.9. The number of anilines is 1. The zero-order valence-electron chi connectivity index (χ0n) is 15.3. The maximum absolute atomic E-state index is 12.4. The quantitative estimate of drug-likeness (QED) is 0.547.